The molecule has 0 saturated carbocycles. The minimum absolute atomic E-state index is 0.276. The summed E-state index contributed by atoms with van der Waals surface area (Å²) >= 11 is 0. The fourth-order valence-electron chi connectivity index (χ4n) is 2.53. The summed E-state index contributed by atoms with van der Waals surface area (Å²) in [6.45, 7) is 2.12. The lowest BCUT2D eigenvalue weighted by Gasteiger charge is -2.04. The van der Waals surface area contributed by atoms with Gasteiger partial charge in [-0.3, -0.25) is 14.4 Å². The van der Waals surface area contributed by atoms with Gasteiger partial charge in [0, 0.05) is 12.8 Å². The molecule has 27 heavy (non-hydrogen) atoms. The van der Waals surface area contributed by atoms with Gasteiger partial charge >= 0.3 is 17.9 Å². The van der Waals surface area contributed by atoms with E-state index in [1.807, 2.05) is 0 Å². The minimum atomic E-state index is -0.888. The molecular formula is C20H39NO6. The molecule has 0 aliphatic rings. The lowest BCUT2D eigenvalue weighted by atomic mass is 10.1. The van der Waals surface area contributed by atoms with Crippen LogP contribution in [0.2, 0.25) is 0 Å². The number of hydrogen-bond donors (Lipinski definition) is 4. The standard InChI is InChI=1S/C12H22O4.C8H17NO2/c13-11(14)9-7-5-3-1-2-4-6-8-10-12(15)16;1-2-3-4-5-6-7(9)8(10)11/h1-10H2,(H,13,14)(H,15,16);7H,2-6,9H2,1H3,(H,10,11). The number of nitrogens with two attached hydrogens (primary N) is 1. The van der Waals surface area contributed by atoms with E-state index in [9.17, 15) is 14.4 Å². The Morgan fingerprint density at radius 3 is 1.37 bits per heavy atom. The summed E-state index contributed by atoms with van der Waals surface area (Å²) in [6, 6.07) is -0.660. The number of carbonyl (C=O) groups is 3. The highest BCUT2D eigenvalue weighted by Crippen LogP contribution is 2.10. The van der Waals surface area contributed by atoms with Crippen LogP contribution in [0.15, 0.2) is 0 Å². The van der Waals surface area contributed by atoms with E-state index in [2.05, 4.69) is 6.92 Å². The Bertz CT molecular complexity index is 365. The van der Waals surface area contributed by atoms with Gasteiger partial charge < -0.3 is 21.1 Å². The van der Waals surface area contributed by atoms with Gasteiger partial charge in [0.2, 0.25) is 0 Å². The number of hydrogen-bond acceptors (Lipinski definition) is 4. The molecule has 7 nitrogen and oxygen atoms in total. The molecule has 1 unspecified atom stereocenters. The van der Waals surface area contributed by atoms with Crippen LogP contribution in [0, 0.1) is 0 Å². The third-order valence-electron chi connectivity index (χ3n) is 4.22. The van der Waals surface area contributed by atoms with E-state index >= 15 is 0 Å². The lowest BCUT2D eigenvalue weighted by molar-refractivity contribution is -0.139. The van der Waals surface area contributed by atoms with E-state index < -0.39 is 23.9 Å². The molecule has 0 aromatic rings. The van der Waals surface area contributed by atoms with Crippen molar-refractivity contribution < 1.29 is 29.7 Å². The molecule has 0 saturated heterocycles. The first-order valence-electron chi connectivity index (χ1n) is 10.2. The summed E-state index contributed by atoms with van der Waals surface area (Å²) in [5, 5.41) is 25.2. The maximum Gasteiger partial charge on any atom is 0.320 e. The van der Waals surface area contributed by atoms with Gasteiger partial charge in [0.05, 0.1) is 0 Å². The van der Waals surface area contributed by atoms with Crippen molar-refractivity contribution in [3.63, 3.8) is 0 Å². The van der Waals surface area contributed by atoms with E-state index in [-0.39, 0.29) is 12.8 Å². The zero-order valence-corrected chi connectivity index (χ0v) is 16.8. The number of carboxylic acid groups (broad SMARTS) is 3. The molecule has 5 N–H and O–H groups in total. The van der Waals surface area contributed by atoms with Crippen LogP contribution in [-0.4, -0.2) is 39.3 Å². The number of aliphatic carboxylic acids is 3. The third-order valence-corrected chi connectivity index (χ3v) is 4.22. The highest BCUT2D eigenvalue weighted by Gasteiger charge is 2.09. The molecule has 0 fully saturated rings. The van der Waals surface area contributed by atoms with Crippen molar-refractivity contribution in [1.82, 2.24) is 0 Å². The summed E-state index contributed by atoms with van der Waals surface area (Å²) in [4.78, 5) is 30.7. The predicted molar refractivity (Wildman–Crippen MR) is 106 cm³/mol. The van der Waals surface area contributed by atoms with Gasteiger partial charge in [-0.25, -0.2) is 0 Å². The van der Waals surface area contributed by atoms with Crippen molar-refractivity contribution >= 4 is 17.9 Å². The smallest absolute Gasteiger partial charge is 0.320 e. The Kier molecular flexibility index (Phi) is 21.1. The van der Waals surface area contributed by atoms with Crippen LogP contribution in [0.1, 0.15) is 103 Å². The fraction of sp³-hybridized carbons (Fsp3) is 0.850. The zero-order valence-electron chi connectivity index (χ0n) is 16.8. The van der Waals surface area contributed by atoms with Crippen LogP contribution < -0.4 is 5.73 Å². The topological polar surface area (TPSA) is 138 Å². The van der Waals surface area contributed by atoms with Crippen LogP contribution >= 0.6 is 0 Å². The van der Waals surface area contributed by atoms with Crippen molar-refractivity contribution in [3.8, 4) is 0 Å². The second kappa shape index (κ2) is 20.7. The van der Waals surface area contributed by atoms with Gasteiger partial charge in [-0.15, -0.1) is 0 Å². The van der Waals surface area contributed by atoms with Crippen molar-refractivity contribution in [2.75, 3.05) is 0 Å². The van der Waals surface area contributed by atoms with Gasteiger partial charge in [-0.1, -0.05) is 71.1 Å². The Morgan fingerprint density at radius 2 is 1.04 bits per heavy atom. The van der Waals surface area contributed by atoms with Gasteiger partial charge in [0.15, 0.2) is 0 Å². The van der Waals surface area contributed by atoms with Gasteiger partial charge in [-0.2, -0.15) is 0 Å². The molecule has 0 bridgehead atoms. The molecule has 7 heteroatoms. The summed E-state index contributed by atoms with van der Waals surface area (Å²) in [6.07, 6.45) is 13.5. The predicted octanol–water partition coefficient (Wildman–Crippen LogP) is 4.43. The number of rotatable bonds is 17. The quantitative estimate of drug-likeness (QED) is 0.270. The SMILES string of the molecule is CCCCCCC(N)C(=O)O.O=C(O)CCCCCCCCCCC(=O)O. The molecule has 0 aromatic carbocycles. The summed E-state index contributed by atoms with van der Waals surface area (Å²) < 4.78 is 0. The van der Waals surface area contributed by atoms with Crippen molar-refractivity contribution in [3.05, 3.63) is 0 Å². The third kappa shape index (κ3) is 26.7. The molecule has 0 aliphatic heterocycles. The summed E-state index contributed by atoms with van der Waals surface area (Å²) in [5.41, 5.74) is 5.30. The van der Waals surface area contributed by atoms with Crippen LogP contribution in [0.25, 0.3) is 0 Å². The fourth-order valence-corrected chi connectivity index (χ4v) is 2.53. The van der Waals surface area contributed by atoms with Crippen LogP contribution in [0.4, 0.5) is 0 Å². The van der Waals surface area contributed by atoms with Gasteiger partial charge in [-0.05, 0) is 19.3 Å². The zero-order chi connectivity index (χ0) is 20.9. The normalized spacial score (nSPS) is 11.3. The minimum Gasteiger partial charge on any atom is -0.481 e. The number of unbranched alkanes of at least 4 members (excludes halogenated alkanes) is 10. The first kappa shape index (κ1) is 27.6. The molecule has 0 aromatic heterocycles. The van der Waals surface area contributed by atoms with E-state index in [1.165, 1.54) is 12.8 Å². The van der Waals surface area contributed by atoms with Gasteiger partial charge in [0.25, 0.3) is 0 Å². The molecule has 160 valence electrons. The Balaban J connectivity index is 0. The second-order valence-corrected chi connectivity index (χ2v) is 6.91. The summed E-state index contributed by atoms with van der Waals surface area (Å²) in [5.74, 6) is -2.32. The molecule has 0 aliphatic carbocycles. The largest absolute Gasteiger partial charge is 0.481 e. The summed E-state index contributed by atoms with van der Waals surface area (Å²) in [7, 11) is 0. The Labute approximate surface area is 163 Å². The van der Waals surface area contributed by atoms with Crippen molar-refractivity contribution in [2.45, 2.75) is 109 Å². The first-order valence-corrected chi connectivity index (χ1v) is 10.2. The number of carboxylic acids is 3. The van der Waals surface area contributed by atoms with E-state index in [4.69, 9.17) is 21.1 Å². The molecular weight excluding hydrogens is 350 g/mol. The molecule has 0 spiro atoms. The van der Waals surface area contributed by atoms with Crippen molar-refractivity contribution in [2.24, 2.45) is 5.73 Å². The Hall–Kier alpha value is -1.63. The van der Waals surface area contributed by atoms with Gasteiger partial charge in [0.1, 0.15) is 6.04 Å². The molecule has 0 heterocycles. The first-order chi connectivity index (χ1) is 12.8. The lowest BCUT2D eigenvalue weighted by Crippen LogP contribution is -2.29. The highest BCUT2D eigenvalue weighted by atomic mass is 16.4. The molecule has 1 atom stereocenters. The monoisotopic (exact) mass is 389 g/mol. The maximum atomic E-state index is 10.2. The molecule has 0 radical (unpaired) electrons. The van der Waals surface area contributed by atoms with Crippen molar-refractivity contribution in [1.29, 1.82) is 0 Å². The van der Waals surface area contributed by atoms with Crippen LogP contribution in [-0.2, 0) is 14.4 Å². The average Bonchev–Trinajstić information content (AvgIpc) is 2.60. The highest BCUT2D eigenvalue weighted by molar-refractivity contribution is 5.72. The van der Waals surface area contributed by atoms with E-state index in [0.29, 0.717) is 6.42 Å². The average molecular weight is 390 g/mol. The van der Waals surface area contributed by atoms with E-state index in [1.54, 1.807) is 0 Å². The second-order valence-electron chi connectivity index (χ2n) is 6.91. The van der Waals surface area contributed by atoms with Crippen LogP contribution in [0.5, 0.6) is 0 Å². The molecule has 0 amide bonds. The van der Waals surface area contributed by atoms with E-state index in [0.717, 1.165) is 64.2 Å². The Morgan fingerprint density at radius 1 is 0.667 bits per heavy atom. The molecule has 0 rings (SSSR count). The van der Waals surface area contributed by atoms with Crippen LogP contribution in [0.3, 0.4) is 0 Å². The maximum absolute atomic E-state index is 10.2.